The minimum Gasteiger partial charge on any atom is -0.339 e. The van der Waals surface area contributed by atoms with Gasteiger partial charge in [-0.2, -0.15) is 0 Å². The number of hydrogen-bond donors (Lipinski definition) is 2. The lowest BCUT2D eigenvalue weighted by Gasteiger charge is -2.09. The van der Waals surface area contributed by atoms with Gasteiger partial charge in [0.1, 0.15) is 11.6 Å². The molecule has 0 aliphatic rings. The van der Waals surface area contributed by atoms with Crippen LogP contribution in [0.3, 0.4) is 0 Å². The Morgan fingerprint density at radius 2 is 1.95 bits per heavy atom. The van der Waals surface area contributed by atoms with E-state index in [4.69, 9.17) is 23.2 Å². The van der Waals surface area contributed by atoms with Crippen molar-refractivity contribution in [2.45, 2.75) is 13.3 Å². The van der Waals surface area contributed by atoms with Gasteiger partial charge in [0.2, 0.25) is 5.91 Å². The van der Waals surface area contributed by atoms with E-state index in [9.17, 15) is 9.59 Å². The Balaban J connectivity index is 2.02. The number of carbonyl (C=O) groups excluding carboxylic acids is 2. The number of carbonyl (C=O) groups is 2. The van der Waals surface area contributed by atoms with Gasteiger partial charge in [-0.05, 0) is 37.3 Å². The molecule has 2 aromatic rings. The van der Waals surface area contributed by atoms with Crippen LogP contribution in [0.1, 0.15) is 13.3 Å². The van der Waals surface area contributed by atoms with Gasteiger partial charge in [-0.15, -0.1) is 0 Å². The molecule has 0 radical (unpaired) electrons. The van der Waals surface area contributed by atoms with Crippen LogP contribution in [0.4, 0.5) is 17.2 Å². The van der Waals surface area contributed by atoms with Crippen molar-refractivity contribution in [2.75, 3.05) is 10.6 Å². The summed E-state index contributed by atoms with van der Waals surface area (Å²) < 4.78 is 0. The largest absolute Gasteiger partial charge is 0.339 e. The first-order chi connectivity index (χ1) is 10.4. The number of anilines is 3. The van der Waals surface area contributed by atoms with Gasteiger partial charge >= 0.3 is 0 Å². The number of hydrogen-bond acceptors (Lipinski definition) is 4. The van der Waals surface area contributed by atoms with E-state index in [1.807, 2.05) is 0 Å². The third-order valence-corrected chi connectivity index (χ3v) is 3.20. The summed E-state index contributed by atoms with van der Waals surface area (Å²) >= 11 is 11.9. The van der Waals surface area contributed by atoms with Crippen LogP contribution in [0, 0.1) is 0 Å². The Hall–Kier alpha value is -2.11. The molecule has 7 heteroatoms. The van der Waals surface area contributed by atoms with Gasteiger partial charge in [0.15, 0.2) is 0 Å². The lowest BCUT2D eigenvalue weighted by molar-refractivity contribution is -0.124. The zero-order chi connectivity index (χ0) is 16.1. The lowest BCUT2D eigenvalue weighted by Crippen LogP contribution is -2.14. The molecule has 0 saturated carbocycles. The highest BCUT2D eigenvalue weighted by Crippen LogP contribution is 2.27. The van der Waals surface area contributed by atoms with E-state index < -0.39 is 0 Å². The molecule has 22 heavy (non-hydrogen) atoms. The molecule has 1 amide bonds. The summed E-state index contributed by atoms with van der Waals surface area (Å²) in [6.45, 7) is 1.36. The minimum absolute atomic E-state index is 0.152. The molecule has 0 atom stereocenters. The van der Waals surface area contributed by atoms with Crippen molar-refractivity contribution in [2.24, 2.45) is 0 Å². The Morgan fingerprint density at radius 1 is 1.18 bits per heavy atom. The van der Waals surface area contributed by atoms with Crippen molar-refractivity contribution < 1.29 is 9.59 Å². The highest BCUT2D eigenvalue weighted by molar-refractivity contribution is 6.36. The summed E-state index contributed by atoms with van der Waals surface area (Å²) in [4.78, 5) is 26.5. The van der Waals surface area contributed by atoms with Crippen LogP contribution in [-0.4, -0.2) is 16.7 Å². The molecule has 114 valence electrons. The van der Waals surface area contributed by atoms with Gasteiger partial charge in [-0.3, -0.25) is 9.59 Å². The van der Waals surface area contributed by atoms with E-state index in [-0.39, 0.29) is 18.1 Å². The Bertz CT molecular complexity index is 702. The lowest BCUT2D eigenvalue weighted by atomic mass is 10.3. The summed E-state index contributed by atoms with van der Waals surface area (Å²) in [5.74, 6) is 0.00525. The van der Waals surface area contributed by atoms with Crippen molar-refractivity contribution in [1.29, 1.82) is 0 Å². The summed E-state index contributed by atoms with van der Waals surface area (Å²) in [5, 5.41) is 6.66. The molecule has 1 heterocycles. The molecule has 5 nitrogen and oxygen atoms in total. The number of aromatic nitrogens is 1. The summed E-state index contributed by atoms with van der Waals surface area (Å²) in [6.07, 6.45) is 1.34. The van der Waals surface area contributed by atoms with E-state index in [2.05, 4.69) is 15.6 Å². The van der Waals surface area contributed by atoms with E-state index in [0.717, 1.165) is 0 Å². The second-order valence-electron chi connectivity index (χ2n) is 4.61. The maximum absolute atomic E-state index is 11.5. The van der Waals surface area contributed by atoms with Gasteiger partial charge in [-0.25, -0.2) is 4.98 Å². The molecule has 1 aromatic heterocycles. The third-order valence-electron chi connectivity index (χ3n) is 2.65. The number of amides is 1. The first-order valence-electron chi connectivity index (χ1n) is 6.41. The SMILES string of the molecule is CC(=O)CC(=O)Nc1ccc(Nc2ccc(Cl)cc2Cl)nc1. The fraction of sp³-hybridized carbons (Fsp3) is 0.133. The fourth-order valence-electron chi connectivity index (χ4n) is 1.70. The maximum Gasteiger partial charge on any atom is 0.231 e. The normalized spacial score (nSPS) is 10.1. The van der Waals surface area contributed by atoms with Crippen molar-refractivity contribution in [3.05, 3.63) is 46.6 Å². The maximum atomic E-state index is 11.5. The molecule has 2 N–H and O–H groups in total. The summed E-state index contributed by atoms with van der Waals surface area (Å²) in [6, 6.07) is 8.45. The van der Waals surface area contributed by atoms with Gasteiger partial charge < -0.3 is 10.6 Å². The summed E-state index contributed by atoms with van der Waals surface area (Å²) in [5.41, 5.74) is 1.19. The Kier molecular flexibility index (Phi) is 5.35. The molecule has 0 aliphatic carbocycles. The number of ketones is 1. The molecule has 0 bridgehead atoms. The van der Waals surface area contributed by atoms with Crippen molar-refractivity contribution in [1.82, 2.24) is 4.98 Å². The van der Waals surface area contributed by atoms with E-state index >= 15 is 0 Å². The molecule has 2 rings (SSSR count). The van der Waals surface area contributed by atoms with Gasteiger partial charge in [0.25, 0.3) is 0 Å². The number of pyridine rings is 1. The fourth-order valence-corrected chi connectivity index (χ4v) is 2.16. The zero-order valence-electron chi connectivity index (χ0n) is 11.7. The van der Waals surface area contributed by atoms with Crippen molar-refractivity contribution in [3.8, 4) is 0 Å². The van der Waals surface area contributed by atoms with Crippen LogP contribution in [0.25, 0.3) is 0 Å². The van der Waals surface area contributed by atoms with Gasteiger partial charge in [-0.1, -0.05) is 23.2 Å². The minimum atomic E-state index is -0.365. The number of rotatable bonds is 5. The quantitative estimate of drug-likeness (QED) is 0.807. The molecule has 1 aromatic carbocycles. The average molecular weight is 338 g/mol. The summed E-state index contributed by atoms with van der Waals surface area (Å²) in [7, 11) is 0. The number of nitrogens with zero attached hydrogens (tertiary/aromatic N) is 1. The molecule has 0 saturated heterocycles. The van der Waals surface area contributed by atoms with Crippen LogP contribution in [0.2, 0.25) is 10.0 Å². The predicted molar refractivity (Wildman–Crippen MR) is 87.9 cm³/mol. The topological polar surface area (TPSA) is 71.1 Å². The highest BCUT2D eigenvalue weighted by atomic mass is 35.5. The third kappa shape index (κ3) is 4.72. The molecule has 0 unspecified atom stereocenters. The van der Waals surface area contributed by atoms with Crippen LogP contribution >= 0.6 is 23.2 Å². The van der Waals surface area contributed by atoms with Gasteiger partial charge in [0.05, 0.1) is 29.0 Å². The Labute approximate surface area is 137 Å². The van der Waals surface area contributed by atoms with Crippen molar-refractivity contribution in [3.63, 3.8) is 0 Å². The first kappa shape index (κ1) is 16.3. The highest BCUT2D eigenvalue weighted by Gasteiger charge is 2.06. The van der Waals surface area contributed by atoms with E-state index in [1.165, 1.54) is 13.1 Å². The second-order valence-corrected chi connectivity index (χ2v) is 5.45. The number of nitrogens with one attached hydrogen (secondary N) is 2. The smallest absolute Gasteiger partial charge is 0.231 e. The number of halogens is 2. The monoisotopic (exact) mass is 337 g/mol. The van der Waals surface area contributed by atoms with Crippen molar-refractivity contribution >= 4 is 52.1 Å². The molecule has 0 fully saturated rings. The predicted octanol–water partition coefficient (Wildman–Crippen LogP) is 4.05. The first-order valence-corrected chi connectivity index (χ1v) is 7.17. The average Bonchev–Trinajstić information content (AvgIpc) is 2.43. The number of Topliss-reactive ketones (excluding diaryl/α,β-unsaturated/α-hetero) is 1. The van der Waals surface area contributed by atoms with Crippen LogP contribution in [0.15, 0.2) is 36.5 Å². The second kappa shape index (κ2) is 7.24. The molecular weight excluding hydrogens is 325 g/mol. The van der Waals surface area contributed by atoms with Crippen LogP contribution < -0.4 is 10.6 Å². The van der Waals surface area contributed by atoms with Crippen LogP contribution in [0.5, 0.6) is 0 Å². The standard InChI is InChI=1S/C15H13Cl2N3O2/c1-9(21)6-15(22)19-11-3-5-14(18-8-11)20-13-4-2-10(16)7-12(13)17/h2-5,7-8H,6H2,1H3,(H,18,20)(H,19,22). The number of benzene rings is 1. The van der Waals surface area contributed by atoms with E-state index in [1.54, 1.807) is 30.3 Å². The molecular formula is C15H13Cl2N3O2. The molecule has 0 spiro atoms. The Morgan fingerprint density at radius 3 is 2.55 bits per heavy atom. The zero-order valence-corrected chi connectivity index (χ0v) is 13.2. The van der Waals surface area contributed by atoms with E-state index in [0.29, 0.717) is 27.2 Å². The van der Waals surface area contributed by atoms with Crippen LogP contribution in [-0.2, 0) is 9.59 Å². The molecule has 0 aliphatic heterocycles. The van der Waals surface area contributed by atoms with Gasteiger partial charge in [0, 0.05) is 5.02 Å².